The number of hydrogen-bond acceptors (Lipinski definition) is 3. The van der Waals surface area contributed by atoms with E-state index in [0.717, 1.165) is 11.1 Å². The van der Waals surface area contributed by atoms with Gasteiger partial charge in [0.2, 0.25) is 5.88 Å². The molecule has 0 bridgehead atoms. The lowest BCUT2D eigenvalue weighted by Crippen LogP contribution is -1.95. The molecule has 0 radical (unpaired) electrons. The standard InChI is InChI=1S/C20H12Cl2N2O3/c21-15-3-1-4-16(22)18(15)27-17-11-14(19-23-9-2-10-24(17)19)12-5-7-13(8-6-12)20(25)26/h1-11H,(H,25,26). The van der Waals surface area contributed by atoms with Gasteiger partial charge >= 0.3 is 5.97 Å². The molecule has 5 nitrogen and oxygen atoms in total. The molecule has 2 heterocycles. The van der Waals surface area contributed by atoms with Crippen molar-refractivity contribution in [2.75, 3.05) is 0 Å². The van der Waals surface area contributed by atoms with Crippen LogP contribution in [0.15, 0.2) is 67.0 Å². The zero-order chi connectivity index (χ0) is 19.0. The molecule has 0 aliphatic heterocycles. The van der Waals surface area contributed by atoms with Crippen molar-refractivity contribution in [1.82, 2.24) is 9.38 Å². The topological polar surface area (TPSA) is 63.8 Å². The van der Waals surface area contributed by atoms with Crippen molar-refractivity contribution in [1.29, 1.82) is 0 Å². The average Bonchev–Trinajstić information content (AvgIpc) is 3.04. The van der Waals surface area contributed by atoms with Crippen molar-refractivity contribution in [3.05, 3.63) is 82.6 Å². The molecule has 0 fully saturated rings. The molecule has 7 heteroatoms. The van der Waals surface area contributed by atoms with Gasteiger partial charge in [-0.3, -0.25) is 4.40 Å². The molecule has 27 heavy (non-hydrogen) atoms. The summed E-state index contributed by atoms with van der Waals surface area (Å²) in [6.45, 7) is 0. The van der Waals surface area contributed by atoms with Crippen LogP contribution in [0.1, 0.15) is 10.4 Å². The van der Waals surface area contributed by atoms with E-state index in [1.807, 2.05) is 12.3 Å². The van der Waals surface area contributed by atoms with Gasteiger partial charge < -0.3 is 9.84 Å². The fourth-order valence-corrected chi connectivity index (χ4v) is 3.25. The van der Waals surface area contributed by atoms with Gasteiger partial charge in [0.05, 0.1) is 15.6 Å². The van der Waals surface area contributed by atoms with Crippen LogP contribution in [0.5, 0.6) is 11.6 Å². The summed E-state index contributed by atoms with van der Waals surface area (Å²) in [5.74, 6) is -0.124. The summed E-state index contributed by atoms with van der Waals surface area (Å²) in [6.07, 6.45) is 3.49. The van der Waals surface area contributed by atoms with Crippen molar-refractivity contribution < 1.29 is 14.6 Å². The molecule has 0 aliphatic rings. The van der Waals surface area contributed by atoms with Gasteiger partial charge in [-0.25, -0.2) is 9.78 Å². The summed E-state index contributed by atoms with van der Waals surface area (Å²) in [6, 6.07) is 15.3. The Balaban J connectivity index is 1.83. The Morgan fingerprint density at radius 3 is 2.41 bits per heavy atom. The zero-order valence-electron chi connectivity index (χ0n) is 13.8. The Labute approximate surface area is 164 Å². The van der Waals surface area contributed by atoms with Crippen LogP contribution in [0.25, 0.3) is 16.8 Å². The minimum atomic E-state index is -0.973. The molecular weight excluding hydrogens is 387 g/mol. The van der Waals surface area contributed by atoms with Gasteiger partial charge in [-0.1, -0.05) is 41.4 Å². The number of fused-ring (bicyclic) bond motifs is 1. The molecule has 0 amide bonds. The van der Waals surface area contributed by atoms with E-state index in [9.17, 15) is 4.79 Å². The van der Waals surface area contributed by atoms with Gasteiger partial charge in [0.15, 0.2) is 5.75 Å². The molecule has 4 rings (SSSR count). The highest BCUT2D eigenvalue weighted by Crippen LogP contribution is 2.38. The largest absolute Gasteiger partial charge is 0.478 e. The van der Waals surface area contributed by atoms with E-state index in [1.54, 1.807) is 59.1 Å². The monoisotopic (exact) mass is 398 g/mol. The van der Waals surface area contributed by atoms with Gasteiger partial charge in [-0.15, -0.1) is 0 Å². The van der Waals surface area contributed by atoms with E-state index in [2.05, 4.69) is 4.98 Å². The molecule has 134 valence electrons. The lowest BCUT2D eigenvalue weighted by atomic mass is 10.1. The number of carboxylic acid groups (broad SMARTS) is 1. The highest BCUT2D eigenvalue weighted by Gasteiger charge is 2.16. The quantitative estimate of drug-likeness (QED) is 0.471. The summed E-state index contributed by atoms with van der Waals surface area (Å²) in [5.41, 5.74) is 2.50. The molecule has 0 atom stereocenters. The van der Waals surface area contributed by atoms with Crippen LogP contribution in [0.4, 0.5) is 0 Å². The summed E-state index contributed by atoms with van der Waals surface area (Å²) in [5, 5.41) is 9.87. The van der Waals surface area contributed by atoms with Crippen LogP contribution in [-0.2, 0) is 0 Å². The smallest absolute Gasteiger partial charge is 0.335 e. The maximum absolute atomic E-state index is 11.1. The third-order valence-electron chi connectivity index (χ3n) is 4.06. The minimum Gasteiger partial charge on any atom is -0.478 e. The van der Waals surface area contributed by atoms with Crippen molar-refractivity contribution in [3.63, 3.8) is 0 Å². The zero-order valence-corrected chi connectivity index (χ0v) is 15.3. The predicted octanol–water partition coefficient (Wildman–Crippen LogP) is 5.80. The average molecular weight is 399 g/mol. The van der Waals surface area contributed by atoms with Gasteiger partial charge in [-0.05, 0) is 35.9 Å². The number of para-hydroxylation sites is 1. The normalized spacial score (nSPS) is 10.9. The van der Waals surface area contributed by atoms with Gasteiger partial charge in [-0.2, -0.15) is 0 Å². The molecule has 0 unspecified atom stereocenters. The number of aromatic carboxylic acids is 1. The Bertz CT molecular complexity index is 1130. The number of carbonyl (C=O) groups is 1. The fraction of sp³-hybridized carbons (Fsp3) is 0. The lowest BCUT2D eigenvalue weighted by Gasteiger charge is -2.08. The third kappa shape index (κ3) is 3.23. The Kier molecular flexibility index (Phi) is 4.48. The molecule has 2 aromatic carbocycles. The van der Waals surface area contributed by atoms with Gasteiger partial charge in [0, 0.05) is 24.0 Å². The molecule has 4 aromatic rings. The summed E-state index contributed by atoms with van der Waals surface area (Å²) < 4.78 is 7.76. The van der Waals surface area contributed by atoms with E-state index in [4.69, 9.17) is 33.0 Å². The van der Waals surface area contributed by atoms with Crippen LogP contribution < -0.4 is 4.74 Å². The van der Waals surface area contributed by atoms with Crippen molar-refractivity contribution in [3.8, 4) is 22.8 Å². The van der Waals surface area contributed by atoms with Crippen LogP contribution in [-0.4, -0.2) is 20.5 Å². The van der Waals surface area contributed by atoms with E-state index < -0.39 is 5.97 Å². The number of hydrogen-bond donors (Lipinski definition) is 1. The number of halogens is 2. The number of nitrogens with zero attached hydrogens (tertiary/aromatic N) is 2. The lowest BCUT2D eigenvalue weighted by molar-refractivity contribution is 0.0697. The van der Waals surface area contributed by atoms with Gasteiger partial charge in [0.1, 0.15) is 5.65 Å². The Hall–Kier alpha value is -3.02. The number of rotatable bonds is 4. The van der Waals surface area contributed by atoms with Crippen LogP contribution in [0.2, 0.25) is 10.0 Å². The van der Waals surface area contributed by atoms with E-state index in [-0.39, 0.29) is 5.56 Å². The van der Waals surface area contributed by atoms with Crippen molar-refractivity contribution in [2.24, 2.45) is 0 Å². The van der Waals surface area contributed by atoms with Crippen LogP contribution in [0.3, 0.4) is 0 Å². The van der Waals surface area contributed by atoms with E-state index in [0.29, 0.717) is 27.3 Å². The first-order valence-corrected chi connectivity index (χ1v) is 8.72. The summed E-state index contributed by atoms with van der Waals surface area (Å²) >= 11 is 12.4. The Morgan fingerprint density at radius 1 is 1.04 bits per heavy atom. The summed E-state index contributed by atoms with van der Waals surface area (Å²) in [7, 11) is 0. The fourth-order valence-electron chi connectivity index (χ4n) is 2.77. The second-order valence-corrected chi connectivity index (χ2v) is 6.56. The van der Waals surface area contributed by atoms with Gasteiger partial charge in [0.25, 0.3) is 0 Å². The molecular formula is C20H12Cl2N2O3. The van der Waals surface area contributed by atoms with Crippen molar-refractivity contribution in [2.45, 2.75) is 0 Å². The number of carboxylic acids is 1. The number of aromatic nitrogens is 2. The summed E-state index contributed by atoms with van der Waals surface area (Å²) in [4.78, 5) is 15.5. The highest BCUT2D eigenvalue weighted by atomic mass is 35.5. The first-order valence-electron chi connectivity index (χ1n) is 7.96. The van der Waals surface area contributed by atoms with Crippen molar-refractivity contribution >= 4 is 34.8 Å². The molecule has 0 aliphatic carbocycles. The first kappa shape index (κ1) is 17.4. The second-order valence-electron chi connectivity index (χ2n) is 5.74. The van der Waals surface area contributed by atoms with E-state index in [1.165, 1.54) is 0 Å². The second kappa shape index (κ2) is 6.95. The van der Waals surface area contributed by atoms with E-state index >= 15 is 0 Å². The molecule has 0 saturated carbocycles. The maximum Gasteiger partial charge on any atom is 0.335 e. The number of ether oxygens (including phenoxy) is 1. The highest BCUT2D eigenvalue weighted by molar-refractivity contribution is 6.37. The maximum atomic E-state index is 11.1. The SMILES string of the molecule is O=C(O)c1ccc(-c2cc(Oc3c(Cl)cccc3Cl)n3cccnc23)cc1. The van der Waals surface area contributed by atoms with Crippen LogP contribution >= 0.6 is 23.2 Å². The molecule has 2 aromatic heterocycles. The Morgan fingerprint density at radius 2 is 1.74 bits per heavy atom. The number of benzene rings is 2. The third-order valence-corrected chi connectivity index (χ3v) is 4.66. The van der Waals surface area contributed by atoms with Crippen LogP contribution in [0, 0.1) is 0 Å². The minimum absolute atomic E-state index is 0.217. The molecule has 0 spiro atoms. The molecule has 0 saturated heterocycles. The molecule has 1 N–H and O–H groups in total. The predicted molar refractivity (Wildman–Crippen MR) is 104 cm³/mol. The first-order chi connectivity index (χ1) is 13.0.